The van der Waals surface area contributed by atoms with Gasteiger partial charge in [-0.25, -0.2) is 4.39 Å². The van der Waals surface area contributed by atoms with E-state index in [2.05, 4.69) is 5.32 Å². The second kappa shape index (κ2) is 6.87. The van der Waals surface area contributed by atoms with Gasteiger partial charge in [-0.2, -0.15) is 13.2 Å². The molecule has 0 fully saturated rings. The fourth-order valence-corrected chi connectivity index (χ4v) is 2.13. The van der Waals surface area contributed by atoms with E-state index in [0.717, 1.165) is 12.1 Å². The lowest BCUT2D eigenvalue weighted by atomic mass is 10.1. The summed E-state index contributed by atoms with van der Waals surface area (Å²) < 4.78 is 56.4. The van der Waals surface area contributed by atoms with Gasteiger partial charge in [-0.3, -0.25) is 0 Å². The van der Waals surface area contributed by atoms with E-state index in [4.69, 9.17) is 4.74 Å². The quantitative estimate of drug-likeness (QED) is 0.816. The normalized spacial score (nSPS) is 11.4. The number of benzene rings is 2. The Morgan fingerprint density at radius 2 is 1.87 bits per heavy atom. The predicted molar refractivity (Wildman–Crippen MR) is 77.6 cm³/mol. The van der Waals surface area contributed by atoms with Crippen LogP contribution in [-0.4, -0.2) is 12.2 Å². The van der Waals surface area contributed by atoms with Crippen LogP contribution in [0.5, 0.6) is 5.75 Å². The van der Waals surface area contributed by atoms with Gasteiger partial charge in [-0.05, 0) is 42.0 Å². The molecular weight excluding hydrogens is 314 g/mol. The van der Waals surface area contributed by atoms with E-state index >= 15 is 0 Å². The summed E-state index contributed by atoms with van der Waals surface area (Å²) in [4.78, 5) is 0. The maximum Gasteiger partial charge on any atom is 0.416 e. The van der Waals surface area contributed by atoms with Crippen LogP contribution in [0.15, 0.2) is 36.4 Å². The van der Waals surface area contributed by atoms with Crippen LogP contribution in [0, 0.1) is 5.82 Å². The number of methoxy groups -OCH3 is 1. The van der Waals surface area contributed by atoms with E-state index in [1.807, 2.05) is 0 Å². The lowest BCUT2D eigenvalue weighted by Gasteiger charge is -2.13. The molecule has 0 heterocycles. The Balaban J connectivity index is 2.16. The van der Waals surface area contributed by atoms with Gasteiger partial charge in [0.15, 0.2) is 0 Å². The smallest absolute Gasteiger partial charge is 0.416 e. The molecule has 2 aromatic rings. The number of aliphatic hydroxyl groups excluding tert-OH is 1. The van der Waals surface area contributed by atoms with Crippen LogP contribution in [0.25, 0.3) is 0 Å². The molecule has 124 valence electrons. The molecule has 0 aliphatic heterocycles. The minimum atomic E-state index is -4.60. The fraction of sp³-hybridized carbons (Fsp3) is 0.250. The second-order valence-electron chi connectivity index (χ2n) is 4.88. The molecule has 0 aliphatic carbocycles. The fourth-order valence-electron chi connectivity index (χ4n) is 2.13. The highest BCUT2D eigenvalue weighted by Crippen LogP contribution is 2.30. The third kappa shape index (κ3) is 4.35. The van der Waals surface area contributed by atoms with Crippen LogP contribution in [0.2, 0.25) is 0 Å². The Hall–Kier alpha value is -2.28. The first-order valence-electron chi connectivity index (χ1n) is 6.72. The zero-order valence-corrected chi connectivity index (χ0v) is 12.2. The molecule has 0 saturated carbocycles. The van der Waals surface area contributed by atoms with Gasteiger partial charge in [0, 0.05) is 17.8 Å². The Labute approximate surface area is 130 Å². The van der Waals surface area contributed by atoms with Crippen LogP contribution in [0.3, 0.4) is 0 Å². The number of ether oxygens (including phenoxy) is 1. The minimum absolute atomic E-state index is 0.0119. The molecule has 0 spiro atoms. The van der Waals surface area contributed by atoms with E-state index in [9.17, 15) is 22.7 Å². The highest BCUT2D eigenvalue weighted by atomic mass is 19.4. The average Bonchev–Trinajstić information content (AvgIpc) is 2.51. The SMILES string of the molecule is COc1ccc(NCc2cc(F)cc(C(F)(F)F)c2)cc1CO. The number of anilines is 1. The van der Waals surface area contributed by atoms with Gasteiger partial charge in [0.1, 0.15) is 11.6 Å². The Morgan fingerprint density at radius 3 is 2.48 bits per heavy atom. The topological polar surface area (TPSA) is 41.5 Å². The van der Waals surface area contributed by atoms with Crippen molar-refractivity contribution in [3.05, 3.63) is 58.9 Å². The van der Waals surface area contributed by atoms with Crippen molar-refractivity contribution in [2.24, 2.45) is 0 Å². The number of hydrogen-bond donors (Lipinski definition) is 2. The van der Waals surface area contributed by atoms with E-state index in [-0.39, 0.29) is 18.7 Å². The van der Waals surface area contributed by atoms with Crippen LogP contribution in [0.1, 0.15) is 16.7 Å². The predicted octanol–water partition coefficient (Wildman–Crippen LogP) is 3.96. The number of nitrogens with one attached hydrogen (secondary N) is 1. The molecule has 2 rings (SSSR count). The van der Waals surface area contributed by atoms with Gasteiger partial charge in [0.05, 0.1) is 19.3 Å². The molecule has 0 atom stereocenters. The molecule has 0 saturated heterocycles. The molecule has 0 aromatic heterocycles. The molecule has 2 aromatic carbocycles. The number of halogens is 4. The molecule has 0 amide bonds. The van der Waals surface area contributed by atoms with Gasteiger partial charge in [0.2, 0.25) is 0 Å². The van der Waals surface area contributed by atoms with Gasteiger partial charge in [-0.15, -0.1) is 0 Å². The van der Waals surface area contributed by atoms with Crippen LogP contribution >= 0.6 is 0 Å². The lowest BCUT2D eigenvalue weighted by Crippen LogP contribution is -2.08. The monoisotopic (exact) mass is 329 g/mol. The maximum atomic E-state index is 13.3. The molecule has 3 nitrogen and oxygen atoms in total. The van der Waals surface area contributed by atoms with E-state index in [1.165, 1.54) is 7.11 Å². The third-order valence-electron chi connectivity index (χ3n) is 3.23. The second-order valence-corrected chi connectivity index (χ2v) is 4.88. The van der Waals surface area contributed by atoms with Crippen molar-refractivity contribution in [3.63, 3.8) is 0 Å². The van der Waals surface area contributed by atoms with Crippen molar-refractivity contribution in [3.8, 4) is 5.75 Å². The van der Waals surface area contributed by atoms with Crippen LogP contribution in [-0.2, 0) is 19.3 Å². The zero-order valence-electron chi connectivity index (χ0n) is 12.2. The number of rotatable bonds is 5. The van der Waals surface area contributed by atoms with Crippen molar-refractivity contribution in [1.82, 2.24) is 0 Å². The average molecular weight is 329 g/mol. The summed E-state index contributed by atoms with van der Waals surface area (Å²) in [5.74, 6) is -0.439. The molecule has 0 unspecified atom stereocenters. The molecule has 0 radical (unpaired) electrons. The first-order valence-corrected chi connectivity index (χ1v) is 6.72. The van der Waals surface area contributed by atoms with Crippen LogP contribution < -0.4 is 10.1 Å². The summed E-state index contributed by atoms with van der Waals surface area (Å²) >= 11 is 0. The number of alkyl halides is 3. The number of hydrogen-bond acceptors (Lipinski definition) is 3. The molecular formula is C16H15F4NO2. The van der Waals surface area contributed by atoms with E-state index < -0.39 is 17.6 Å². The summed E-state index contributed by atoms with van der Waals surface area (Å²) in [5, 5.41) is 12.1. The van der Waals surface area contributed by atoms with Crippen molar-refractivity contribution in [2.75, 3.05) is 12.4 Å². The highest BCUT2D eigenvalue weighted by molar-refractivity contribution is 5.51. The van der Waals surface area contributed by atoms with Crippen molar-refractivity contribution in [1.29, 1.82) is 0 Å². The minimum Gasteiger partial charge on any atom is -0.496 e. The van der Waals surface area contributed by atoms with E-state index in [0.29, 0.717) is 23.1 Å². The third-order valence-corrected chi connectivity index (χ3v) is 3.23. The van der Waals surface area contributed by atoms with Gasteiger partial charge < -0.3 is 15.2 Å². The molecule has 2 N–H and O–H groups in total. The van der Waals surface area contributed by atoms with Crippen LogP contribution in [0.4, 0.5) is 23.2 Å². The largest absolute Gasteiger partial charge is 0.496 e. The maximum absolute atomic E-state index is 13.3. The van der Waals surface area contributed by atoms with E-state index in [1.54, 1.807) is 18.2 Å². The Kier molecular flexibility index (Phi) is 5.10. The van der Waals surface area contributed by atoms with Gasteiger partial charge in [-0.1, -0.05) is 0 Å². The first-order chi connectivity index (χ1) is 10.8. The molecule has 7 heteroatoms. The summed E-state index contributed by atoms with van der Waals surface area (Å²) in [6.07, 6.45) is -4.60. The van der Waals surface area contributed by atoms with Gasteiger partial charge >= 0.3 is 6.18 Å². The Bertz CT molecular complexity index is 686. The molecule has 0 bridgehead atoms. The molecule has 23 heavy (non-hydrogen) atoms. The molecule has 0 aliphatic rings. The zero-order chi connectivity index (χ0) is 17.0. The summed E-state index contributed by atoms with van der Waals surface area (Å²) in [6.45, 7) is -0.227. The van der Waals surface area contributed by atoms with Crippen molar-refractivity contribution in [2.45, 2.75) is 19.3 Å². The lowest BCUT2D eigenvalue weighted by molar-refractivity contribution is -0.137. The standard InChI is InChI=1S/C16H15F4NO2/c1-23-15-3-2-14(6-11(15)9-22)21-8-10-4-12(16(18,19)20)7-13(17)5-10/h2-7,21-22H,8-9H2,1H3. The first kappa shape index (κ1) is 17.1. The summed E-state index contributed by atoms with van der Waals surface area (Å²) in [7, 11) is 1.47. The summed E-state index contributed by atoms with van der Waals surface area (Å²) in [6, 6.07) is 7.29. The van der Waals surface area contributed by atoms with Crippen molar-refractivity contribution >= 4 is 5.69 Å². The highest BCUT2D eigenvalue weighted by Gasteiger charge is 2.31. The van der Waals surface area contributed by atoms with Crippen molar-refractivity contribution < 1.29 is 27.4 Å². The summed E-state index contributed by atoms with van der Waals surface area (Å²) in [5.41, 5.74) is 0.249. The Morgan fingerprint density at radius 1 is 1.13 bits per heavy atom. The number of aliphatic hydroxyl groups is 1. The van der Waals surface area contributed by atoms with Gasteiger partial charge in [0.25, 0.3) is 0 Å².